The van der Waals surface area contributed by atoms with Crippen molar-refractivity contribution < 1.29 is 37.7 Å². The molecule has 0 fully saturated rings. The second-order valence-corrected chi connectivity index (χ2v) is 6.94. The van der Waals surface area contributed by atoms with Crippen LogP contribution in [0, 0.1) is 6.92 Å². The van der Waals surface area contributed by atoms with Crippen molar-refractivity contribution in [3.8, 4) is 11.5 Å². The zero-order valence-corrected chi connectivity index (χ0v) is 16.4. The molecule has 6 nitrogen and oxygen atoms in total. The number of fused-ring (bicyclic) bond motifs is 1. The van der Waals surface area contributed by atoms with Gasteiger partial charge in [0, 0.05) is 11.1 Å². The molecular weight excluding hydrogens is 398 g/mol. The number of allylic oxidation sites excluding steroid dienone is 1. The number of hydrogen-bond donors (Lipinski definition) is 1. The van der Waals surface area contributed by atoms with E-state index in [2.05, 4.69) is 9.47 Å². The fourth-order valence-electron chi connectivity index (χ4n) is 3.08. The monoisotopic (exact) mass is 416 g/mol. The summed E-state index contributed by atoms with van der Waals surface area (Å²) in [4.78, 5) is 36.2. The standard InChI is InChI=1S/C22H18F2O6/c1-11-4-5-14(13(3)26)9-16(11)20(17(27)8-12(2)25)21(28)15-6-7-18-19(10-15)30-22(23,24)29-18/h4-7,9-10,28H,8H2,1-3H3/b21-20-. The zero-order chi connectivity index (χ0) is 22.2. The number of rotatable bonds is 6. The smallest absolute Gasteiger partial charge is 0.507 e. The molecule has 156 valence electrons. The number of Topliss-reactive ketones (excluding diaryl/α,β-unsaturated/α-hetero) is 3. The van der Waals surface area contributed by atoms with Crippen LogP contribution in [0.5, 0.6) is 11.5 Å². The largest absolute Gasteiger partial charge is 0.586 e. The van der Waals surface area contributed by atoms with Crippen LogP contribution in [-0.2, 0) is 9.59 Å². The lowest BCUT2D eigenvalue weighted by molar-refractivity contribution is -0.286. The summed E-state index contributed by atoms with van der Waals surface area (Å²) in [5, 5.41) is 10.9. The third-order valence-electron chi connectivity index (χ3n) is 4.51. The van der Waals surface area contributed by atoms with E-state index in [1.54, 1.807) is 19.1 Å². The molecule has 3 rings (SSSR count). The van der Waals surface area contributed by atoms with Crippen LogP contribution in [-0.4, -0.2) is 28.8 Å². The lowest BCUT2D eigenvalue weighted by atomic mass is 9.90. The topological polar surface area (TPSA) is 89.9 Å². The second kappa shape index (κ2) is 7.70. The fraction of sp³-hybridized carbons (Fsp3) is 0.227. The normalized spacial score (nSPS) is 14.8. The fourth-order valence-corrected chi connectivity index (χ4v) is 3.08. The highest BCUT2D eigenvalue weighted by atomic mass is 19.3. The minimum atomic E-state index is -3.83. The number of aliphatic hydroxyl groups excluding tert-OH is 1. The first-order valence-electron chi connectivity index (χ1n) is 8.96. The Labute approximate surface area is 170 Å². The Bertz CT molecular complexity index is 1100. The Balaban J connectivity index is 2.19. The molecule has 1 aliphatic rings. The van der Waals surface area contributed by atoms with Crippen molar-refractivity contribution in [2.75, 3.05) is 0 Å². The van der Waals surface area contributed by atoms with Gasteiger partial charge in [-0.15, -0.1) is 8.78 Å². The molecule has 0 unspecified atom stereocenters. The number of carbonyl (C=O) groups excluding carboxylic acids is 3. The summed E-state index contributed by atoms with van der Waals surface area (Å²) in [5.74, 6) is -2.41. The number of carbonyl (C=O) groups is 3. The summed E-state index contributed by atoms with van der Waals surface area (Å²) in [6.45, 7) is 4.26. The van der Waals surface area contributed by atoms with Crippen LogP contribution in [0.3, 0.4) is 0 Å². The average molecular weight is 416 g/mol. The number of alkyl halides is 2. The van der Waals surface area contributed by atoms with Crippen LogP contribution in [0.4, 0.5) is 8.78 Å². The average Bonchev–Trinajstić information content (AvgIpc) is 2.95. The van der Waals surface area contributed by atoms with Gasteiger partial charge < -0.3 is 14.6 Å². The summed E-state index contributed by atoms with van der Waals surface area (Å²) in [5.41, 5.74) is 0.952. The maximum Gasteiger partial charge on any atom is 0.586 e. The SMILES string of the molecule is CC(=O)CC(=O)/C(=C(\O)c1ccc2c(c1)OC(F)(F)O2)c1cc(C(C)=O)ccc1C. The van der Waals surface area contributed by atoms with Gasteiger partial charge in [-0.1, -0.05) is 12.1 Å². The van der Waals surface area contributed by atoms with Crippen molar-refractivity contribution in [2.24, 2.45) is 0 Å². The van der Waals surface area contributed by atoms with E-state index in [1.807, 2.05) is 0 Å². The van der Waals surface area contributed by atoms with Gasteiger partial charge in [-0.3, -0.25) is 14.4 Å². The molecule has 30 heavy (non-hydrogen) atoms. The van der Waals surface area contributed by atoms with Crippen LogP contribution in [0.15, 0.2) is 36.4 Å². The molecule has 1 heterocycles. The molecule has 1 N–H and O–H groups in total. The first kappa shape index (κ1) is 21.2. The minimum absolute atomic E-state index is 0.00887. The number of ketones is 3. The third-order valence-corrected chi connectivity index (χ3v) is 4.51. The highest BCUT2D eigenvalue weighted by molar-refractivity contribution is 6.31. The minimum Gasteiger partial charge on any atom is -0.507 e. The quantitative estimate of drug-likeness (QED) is 0.245. The van der Waals surface area contributed by atoms with Crippen LogP contribution < -0.4 is 9.47 Å². The van der Waals surface area contributed by atoms with Gasteiger partial charge in [0.05, 0.1) is 12.0 Å². The Morgan fingerprint density at radius 1 is 0.967 bits per heavy atom. The molecule has 0 atom stereocenters. The molecule has 0 aliphatic carbocycles. The van der Waals surface area contributed by atoms with Crippen molar-refractivity contribution in [1.82, 2.24) is 0 Å². The third kappa shape index (κ3) is 4.22. The molecule has 2 aromatic carbocycles. The van der Waals surface area contributed by atoms with Gasteiger partial charge in [-0.05, 0) is 56.2 Å². The highest BCUT2D eigenvalue weighted by Crippen LogP contribution is 2.42. The van der Waals surface area contributed by atoms with E-state index < -0.39 is 30.0 Å². The maximum atomic E-state index is 13.3. The maximum absolute atomic E-state index is 13.3. The first-order valence-corrected chi connectivity index (χ1v) is 8.96. The van der Waals surface area contributed by atoms with Gasteiger partial charge in [0.25, 0.3) is 0 Å². The van der Waals surface area contributed by atoms with Crippen molar-refractivity contribution in [1.29, 1.82) is 0 Å². The molecule has 0 radical (unpaired) electrons. The van der Waals surface area contributed by atoms with E-state index in [9.17, 15) is 28.3 Å². The molecule has 0 saturated heterocycles. The van der Waals surface area contributed by atoms with Crippen molar-refractivity contribution >= 4 is 28.7 Å². The lowest BCUT2D eigenvalue weighted by Gasteiger charge is -2.14. The Morgan fingerprint density at radius 2 is 1.60 bits per heavy atom. The summed E-state index contributed by atoms with van der Waals surface area (Å²) in [6, 6.07) is 8.20. The molecule has 0 bridgehead atoms. The first-order chi connectivity index (χ1) is 14.0. The Kier molecular flexibility index (Phi) is 5.43. The van der Waals surface area contributed by atoms with Gasteiger partial charge in [0.2, 0.25) is 0 Å². The van der Waals surface area contributed by atoms with E-state index in [0.29, 0.717) is 11.1 Å². The van der Waals surface area contributed by atoms with E-state index in [4.69, 9.17) is 0 Å². The predicted molar refractivity (Wildman–Crippen MR) is 104 cm³/mol. The van der Waals surface area contributed by atoms with Crippen LogP contribution in [0.25, 0.3) is 11.3 Å². The van der Waals surface area contributed by atoms with Gasteiger partial charge in [0.1, 0.15) is 11.5 Å². The number of ether oxygens (including phenoxy) is 2. The lowest BCUT2D eigenvalue weighted by Crippen LogP contribution is -2.25. The number of benzene rings is 2. The van der Waals surface area contributed by atoms with Crippen molar-refractivity contribution in [3.63, 3.8) is 0 Å². The van der Waals surface area contributed by atoms with Gasteiger partial charge >= 0.3 is 6.29 Å². The van der Waals surface area contributed by atoms with E-state index >= 15 is 0 Å². The molecule has 0 aromatic heterocycles. The molecule has 0 saturated carbocycles. The number of hydrogen-bond acceptors (Lipinski definition) is 6. The number of aryl methyl sites for hydroxylation is 1. The second-order valence-electron chi connectivity index (χ2n) is 6.94. The van der Waals surface area contributed by atoms with Crippen LogP contribution in [0.2, 0.25) is 0 Å². The van der Waals surface area contributed by atoms with E-state index in [1.165, 1.54) is 32.0 Å². The highest BCUT2D eigenvalue weighted by Gasteiger charge is 2.43. The molecule has 2 aromatic rings. The Morgan fingerprint density at radius 3 is 2.23 bits per heavy atom. The van der Waals surface area contributed by atoms with Gasteiger partial charge in [0.15, 0.2) is 23.1 Å². The van der Waals surface area contributed by atoms with Crippen LogP contribution in [0.1, 0.15) is 47.3 Å². The van der Waals surface area contributed by atoms with Gasteiger partial charge in [-0.25, -0.2) is 0 Å². The molecule has 0 amide bonds. The Hall–Kier alpha value is -3.55. The van der Waals surface area contributed by atoms with Crippen LogP contribution >= 0.6 is 0 Å². The van der Waals surface area contributed by atoms with Gasteiger partial charge in [-0.2, -0.15) is 0 Å². The summed E-state index contributed by atoms with van der Waals surface area (Å²) >= 11 is 0. The zero-order valence-electron chi connectivity index (χ0n) is 16.4. The number of halogens is 2. The summed E-state index contributed by atoms with van der Waals surface area (Å²) in [7, 11) is 0. The van der Waals surface area contributed by atoms with E-state index in [-0.39, 0.29) is 34.0 Å². The molecule has 1 aliphatic heterocycles. The van der Waals surface area contributed by atoms with Crippen molar-refractivity contribution in [2.45, 2.75) is 33.5 Å². The molecule has 0 spiro atoms. The number of aliphatic hydroxyl groups is 1. The van der Waals surface area contributed by atoms with E-state index in [0.717, 1.165) is 6.07 Å². The summed E-state index contributed by atoms with van der Waals surface area (Å²) < 4.78 is 35.3. The molecular formula is C22H18F2O6. The van der Waals surface area contributed by atoms with Crippen molar-refractivity contribution in [3.05, 3.63) is 58.7 Å². The summed E-state index contributed by atoms with van der Waals surface area (Å²) in [6.07, 6.45) is -4.31. The molecule has 8 heteroatoms. The predicted octanol–water partition coefficient (Wildman–Crippen LogP) is 4.49.